The molecule has 248 valence electrons. The first-order chi connectivity index (χ1) is 21.2. The highest BCUT2D eigenvalue weighted by Crippen LogP contribution is 2.30. The first kappa shape index (κ1) is 34.7. The van der Waals surface area contributed by atoms with Gasteiger partial charge in [0.05, 0.1) is 30.4 Å². The van der Waals surface area contributed by atoms with E-state index in [0.717, 1.165) is 64.0 Å². The zero-order valence-corrected chi connectivity index (χ0v) is 27.9. The molecular formula is C36H59N3O5. The van der Waals surface area contributed by atoms with Crippen molar-refractivity contribution in [3.8, 4) is 5.75 Å². The van der Waals surface area contributed by atoms with Crippen molar-refractivity contribution in [2.45, 2.75) is 122 Å². The van der Waals surface area contributed by atoms with Crippen molar-refractivity contribution in [1.82, 2.24) is 9.80 Å². The van der Waals surface area contributed by atoms with E-state index < -0.39 is 0 Å². The molecule has 1 aromatic carbocycles. The summed E-state index contributed by atoms with van der Waals surface area (Å²) < 4.78 is 12.9. The van der Waals surface area contributed by atoms with E-state index in [1.165, 1.54) is 38.5 Å². The molecule has 2 aliphatic carbocycles. The van der Waals surface area contributed by atoms with Crippen LogP contribution in [0.4, 0.5) is 5.69 Å². The van der Waals surface area contributed by atoms with Gasteiger partial charge in [-0.2, -0.15) is 0 Å². The Morgan fingerprint density at radius 3 is 2.39 bits per heavy atom. The first-order valence-electron chi connectivity index (χ1n) is 17.6. The van der Waals surface area contributed by atoms with E-state index in [9.17, 15) is 14.7 Å². The fraction of sp³-hybridized carbons (Fsp3) is 0.778. The van der Waals surface area contributed by atoms with Crippen LogP contribution in [0.5, 0.6) is 5.75 Å². The van der Waals surface area contributed by atoms with Crippen LogP contribution in [0, 0.1) is 17.8 Å². The van der Waals surface area contributed by atoms with E-state index in [1.54, 1.807) is 11.0 Å². The maximum atomic E-state index is 14.4. The minimum atomic E-state index is -0.385. The Morgan fingerprint density at radius 1 is 1.00 bits per heavy atom. The molecule has 4 atom stereocenters. The molecule has 0 saturated heterocycles. The van der Waals surface area contributed by atoms with E-state index in [2.05, 4.69) is 24.2 Å². The Hall–Kier alpha value is -2.16. The number of aliphatic hydroxyl groups excluding tert-OH is 1. The Labute approximate surface area is 266 Å². The zero-order valence-electron chi connectivity index (χ0n) is 27.9. The van der Waals surface area contributed by atoms with Crippen LogP contribution < -0.4 is 10.1 Å². The number of fused-ring (bicyclic) bond motifs is 1. The molecule has 0 bridgehead atoms. The third-order valence-corrected chi connectivity index (χ3v) is 10.1. The number of anilines is 1. The molecule has 4 rings (SSSR count). The minimum Gasteiger partial charge on any atom is -0.490 e. The quantitative estimate of drug-likeness (QED) is 0.347. The number of aliphatic hydroxyl groups is 1. The average molecular weight is 614 g/mol. The summed E-state index contributed by atoms with van der Waals surface area (Å²) in [6.45, 7) is 8.99. The highest BCUT2D eigenvalue weighted by Gasteiger charge is 2.31. The van der Waals surface area contributed by atoms with Gasteiger partial charge < -0.3 is 29.7 Å². The van der Waals surface area contributed by atoms with E-state index in [-0.39, 0.29) is 48.5 Å². The molecule has 0 radical (unpaired) electrons. The molecule has 3 aliphatic rings. The van der Waals surface area contributed by atoms with Gasteiger partial charge in [0.1, 0.15) is 5.75 Å². The summed E-state index contributed by atoms with van der Waals surface area (Å²) in [7, 11) is 2.20. The molecule has 2 fully saturated rings. The minimum absolute atomic E-state index is 0.0179. The van der Waals surface area contributed by atoms with Crippen molar-refractivity contribution >= 4 is 17.5 Å². The Bertz CT molecular complexity index is 1040. The lowest BCUT2D eigenvalue weighted by Gasteiger charge is -2.36. The summed E-state index contributed by atoms with van der Waals surface area (Å²) in [5, 5.41) is 13.3. The van der Waals surface area contributed by atoms with E-state index >= 15 is 0 Å². The summed E-state index contributed by atoms with van der Waals surface area (Å²) >= 11 is 0. The fourth-order valence-electron chi connectivity index (χ4n) is 7.26. The van der Waals surface area contributed by atoms with Crippen molar-refractivity contribution in [2.24, 2.45) is 17.8 Å². The molecule has 0 aromatic heterocycles. The third-order valence-electron chi connectivity index (χ3n) is 10.1. The zero-order chi connectivity index (χ0) is 31.5. The second-order valence-corrected chi connectivity index (χ2v) is 14.1. The van der Waals surface area contributed by atoms with Gasteiger partial charge in [0.2, 0.25) is 5.91 Å². The monoisotopic (exact) mass is 613 g/mol. The Kier molecular flexibility index (Phi) is 13.8. The van der Waals surface area contributed by atoms with Crippen LogP contribution in [0.15, 0.2) is 18.2 Å². The molecule has 1 aliphatic heterocycles. The van der Waals surface area contributed by atoms with Gasteiger partial charge in [-0.1, -0.05) is 45.4 Å². The number of benzene rings is 1. The van der Waals surface area contributed by atoms with Gasteiger partial charge in [-0.15, -0.1) is 0 Å². The molecule has 0 unspecified atom stereocenters. The number of amides is 2. The molecule has 2 N–H and O–H groups in total. The third kappa shape index (κ3) is 10.2. The van der Waals surface area contributed by atoms with Crippen LogP contribution in [0.3, 0.4) is 0 Å². The maximum Gasteiger partial charge on any atom is 0.258 e. The SMILES string of the molecule is C[C@@H]1CCCCO[C@H](CN(C)CC2CCCCC2)[C@H](C)CN([C@H](C)CO)C(=O)c2cc(NC(=O)C3CCCCC3)ccc2O1. The summed E-state index contributed by atoms with van der Waals surface area (Å²) in [6.07, 6.45) is 14.5. The molecule has 2 amide bonds. The smallest absolute Gasteiger partial charge is 0.258 e. The lowest BCUT2D eigenvalue weighted by molar-refractivity contribution is -0.120. The standard InChI is InChI=1S/C36H59N3O5/c1-26-22-39(27(2)25-40)36(42)32-21-31(37-35(41)30-16-9-6-10-17-30)18-19-33(32)44-28(3)13-11-12-20-43-34(26)24-38(4)23-29-14-7-5-8-15-29/h18-19,21,26-30,34,40H,5-17,20,22-25H2,1-4H3,(H,37,41)/t26-,27-,28-,34-/m1/s1. The predicted octanol–water partition coefficient (Wildman–Crippen LogP) is 6.51. The molecule has 8 nitrogen and oxygen atoms in total. The van der Waals surface area contributed by atoms with Gasteiger partial charge in [-0.05, 0) is 90.0 Å². The summed E-state index contributed by atoms with van der Waals surface area (Å²) in [4.78, 5) is 31.6. The molecule has 8 heteroatoms. The number of likely N-dealkylation sites (N-methyl/N-ethyl adjacent to an activating group) is 1. The number of rotatable bonds is 8. The van der Waals surface area contributed by atoms with Crippen LogP contribution in [-0.2, 0) is 9.53 Å². The normalized spacial score (nSPS) is 26.0. The highest BCUT2D eigenvalue weighted by atomic mass is 16.5. The summed E-state index contributed by atoms with van der Waals surface area (Å²) in [5.74, 6) is 1.19. The lowest BCUT2D eigenvalue weighted by atomic mass is 9.88. The number of nitrogens with zero attached hydrogens (tertiary/aromatic N) is 2. The number of carbonyl (C=O) groups excluding carboxylic acids is 2. The van der Waals surface area contributed by atoms with Crippen molar-refractivity contribution in [2.75, 3.05) is 45.2 Å². The van der Waals surface area contributed by atoms with Gasteiger partial charge in [0.15, 0.2) is 0 Å². The molecule has 2 saturated carbocycles. The Balaban J connectivity index is 1.56. The largest absolute Gasteiger partial charge is 0.490 e. The number of hydrogen-bond acceptors (Lipinski definition) is 6. The van der Waals surface area contributed by atoms with Crippen LogP contribution in [0.2, 0.25) is 0 Å². The fourth-order valence-corrected chi connectivity index (χ4v) is 7.26. The molecule has 1 aromatic rings. The number of carbonyl (C=O) groups is 2. The van der Waals surface area contributed by atoms with E-state index in [0.29, 0.717) is 30.2 Å². The topological polar surface area (TPSA) is 91.3 Å². The number of ether oxygens (including phenoxy) is 2. The Morgan fingerprint density at radius 2 is 1.68 bits per heavy atom. The first-order valence-corrected chi connectivity index (χ1v) is 17.6. The second kappa shape index (κ2) is 17.5. The summed E-state index contributed by atoms with van der Waals surface area (Å²) in [6, 6.07) is 5.05. The van der Waals surface area contributed by atoms with Crippen LogP contribution >= 0.6 is 0 Å². The van der Waals surface area contributed by atoms with Gasteiger partial charge in [-0.3, -0.25) is 9.59 Å². The predicted molar refractivity (Wildman–Crippen MR) is 176 cm³/mol. The molecular weight excluding hydrogens is 554 g/mol. The second-order valence-electron chi connectivity index (χ2n) is 14.1. The lowest BCUT2D eigenvalue weighted by Crippen LogP contribution is -2.47. The van der Waals surface area contributed by atoms with Crippen molar-refractivity contribution < 1.29 is 24.2 Å². The van der Waals surface area contributed by atoms with Crippen LogP contribution in [-0.4, -0.2) is 84.9 Å². The van der Waals surface area contributed by atoms with Gasteiger partial charge in [0, 0.05) is 43.8 Å². The van der Waals surface area contributed by atoms with Gasteiger partial charge in [0.25, 0.3) is 5.91 Å². The highest BCUT2D eigenvalue weighted by molar-refractivity contribution is 6.00. The van der Waals surface area contributed by atoms with Crippen LogP contribution in [0.1, 0.15) is 115 Å². The van der Waals surface area contributed by atoms with Crippen molar-refractivity contribution in [3.63, 3.8) is 0 Å². The van der Waals surface area contributed by atoms with E-state index in [1.807, 2.05) is 26.0 Å². The van der Waals surface area contributed by atoms with Gasteiger partial charge in [-0.25, -0.2) is 0 Å². The number of nitrogens with one attached hydrogen (secondary N) is 1. The van der Waals surface area contributed by atoms with Gasteiger partial charge >= 0.3 is 0 Å². The number of hydrogen-bond donors (Lipinski definition) is 2. The van der Waals surface area contributed by atoms with Crippen LogP contribution in [0.25, 0.3) is 0 Å². The van der Waals surface area contributed by atoms with Crippen molar-refractivity contribution in [3.05, 3.63) is 23.8 Å². The molecule has 0 spiro atoms. The molecule has 44 heavy (non-hydrogen) atoms. The van der Waals surface area contributed by atoms with Crippen molar-refractivity contribution in [1.29, 1.82) is 0 Å². The average Bonchev–Trinajstić information content (AvgIpc) is 3.03. The van der Waals surface area contributed by atoms with E-state index in [4.69, 9.17) is 9.47 Å². The summed E-state index contributed by atoms with van der Waals surface area (Å²) in [5.41, 5.74) is 1.04. The molecule has 1 heterocycles. The maximum absolute atomic E-state index is 14.4.